The number of aromatic hydroxyl groups is 1. The third-order valence-electron chi connectivity index (χ3n) is 2.91. The Kier molecular flexibility index (Phi) is 4.11. The number of phenolic OH excluding ortho intramolecular Hbond substituents is 1. The van der Waals surface area contributed by atoms with Crippen molar-refractivity contribution in [2.45, 2.75) is 11.6 Å². The molecule has 106 valence electrons. The van der Waals surface area contributed by atoms with Crippen LogP contribution in [0.1, 0.15) is 5.56 Å². The second-order valence-electron chi connectivity index (χ2n) is 4.34. The van der Waals surface area contributed by atoms with E-state index in [4.69, 9.17) is 0 Å². The standard InChI is InChI=1S/C14H13N5OS/c20-13-3-1-12(2-4-13)19-14(16-17-18-19)21-10-7-11-5-8-15-9-6-11/h1-6,8-9,20H,7,10H2. The lowest BCUT2D eigenvalue weighted by atomic mass is 10.2. The third kappa shape index (κ3) is 3.38. The van der Waals surface area contributed by atoms with E-state index in [1.54, 1.807) is 53.1 Å². The molecule has 3 aromatic rings. The molecule has 21 heavy (non-hydrogen) atoms. The van der Waals surface area contributed by atoms with Crippen LogP contribution in [-0.2, 0) is 6.42 Å². The van der Waals surface area contributed by atoms with Gasteiger partial charge < -0.3 is 5.11 Å². The first-order valence-corrected chi connectivity index (χ1v) is 7.41. The molecule has 0 radical (unpaired) electrons. The zero-order valence-electron chi connectivity index (χ0n) is 11.1. The van der Waals surface area contributed by atoms with Gasteiger partial charge in [0.15, 0.2) is 0 Å². The van der Waals surface area contributed by atoms with Crippen LogP contribution in [0.3, 0.4) is 0 Å². The van der Waals surface area contributed by atoms with E-state index in [1.165, 1.54) is 5.56 Å². The molecule has 0 bridgehead atoms. The summed E-state index contributed by atoms with van der Waals surface area (Å²) in [7, 11) is 0. The molecule has 1 N–H and O–H groups in total. The Morgan fingerprint density at radius 2 is 1.81 bits per heavy atom. The number of aryl methyl sites for hydroxylation is 1. The molecule has 7 heteroatoms. The summed E-state index contributed by atoms with van der Waals surface area (Å²) in [4.78, 5) is 4.00. The highest BCUT2D eigenvalue weighted by Crippen LogP contribution is 2.20. The highest BCUT2D eigenvalue weighted by Gasteiger charge is 2.08. The number of hydrogen-bond donors (Lipinski definition) is 1. The molecule has 0 spiro atoms. The molecule has 0 amide bonds. The van der Waals surface area contributed by atoms with Crippen LogP contribution in [0.4, 0.5) is 0 Å². The van der Waals surface area contributed by atoms with Gasteiger partial charge in [-0.2, -0.15) is 4.68 Å². The van der Waals surface area contributed by atoms with Crippen molar-refractivity contribution in [1.82, 2.24) is 25.2 Å². The topological polar surface area (TPSA) is 76.7 Å². The molecule has 0 fully saturated rings. The highest BCUT2D eigenvalue weighted by atomic mass is 32.2. The minimum absolute atomic E-state index is 0.221. The van der Waals surface area contributed by atoms with Gasteiger partial charge in [0.05, 0.1) is 5.69 Å². The quantitative estimate of drug-likeness (QED) is 0.727. The molecule has 0 aliphatic heterocycles. The van der Waals surface area contributed by atoms with E-state index in [0.717, 1.165) is 23.0 Å². The molecule has 3 rings (SSSR count). The first kappa shape index (κ1) is 13.6. The summed E-state index contributed by atoms with van der Waals surface area (Å²) in [6.07, 6.45) is 4.51. The number of thioether (sulfide) groups is 1. The van der Waals surface area contributed by atoms with Gasteiger partial charge in [-0.05, 0) is 58.8 Å². The lowest BCUT2D eigenvalue weighted by Gasteiger charge is -2.04. The van der Waals surface area contributed by atoms with Crippen molar-refractivity contribution >= 4 is 11.8 Å². The molecule has 0 unspecified atom stereocenters. The molecule has 0 saturated carbocycles. The molecule has 2 heterocycles. The van der Waals surface area contributed by atoms with Gasteiger partial charge in [0, 0.05) is 18.1 Å². The second kappa shape index (κ2) is 6.36. The van der Waals surface area contributed by atoms with Crippen LogP contribution in [0.25, 0.3) is 5.69 Å². The maximum absolute atomic E-state index is 9.32. The molecule has 0 atom stereocenters. The zero-order chi connectivity index (χ0) is 14.5. The van der Waals surface area contributed by atoms with E-state index in [2.05, 4.69) is 20.5 Å². The minimum atomic E-state index is 0.221. The SMILES string of the molecule is Oc1ccc(-n2nnnc2SCCc2ccncc2)cc1. The van der Waals surface area contributed by atoms with Crippen molar-refractivity contribution in [2.75, 3.05) is 5.75 Å². The second-order valence-corrected chi connectivity index (χ2v) is 5.41. The number of tetrazole rings is 1. The van der Waals surface area contributed by atoms with E-state index in [-0.39, 0.29) is 5.75 Å². The van der Waals surface area contributed by atoms with Crippen LogP contribution in [0.2, 0.25) is 0 Å². The summed E-state index contributed by atoms with van der Waals surface area (Å²) >= 11 is 1.59. The largest absolute Gasteiger partial charge is 0.508 e. The van der Waals surface area contributed by atoms with Crippen LogP contribution in [-0.4, -0.2) is 36.1 Å². The van der Waals surface area contributed by atoms with Crippen molar-refractivity contribution < 1.29 is 5.11 Å². The molecular formula is C14H13N5OS. The van der Waals surface area contributed by atoms with Gasteiger partial charge in [-0.15, -0.1) is 5.10 Å². The molecule has 0 saturated heterocycles. The summed E-state index contributed by atoms with van der Waals surface area (Å²) in [5.41, 5.74) is 2.06. The Morgan fingerprint density at radius 3 is 2.57 bits per heavy atom. The summed E-state index contributed by atoms with van der Waals surface area (Å²) in [5, 5.41) is 21.8. The summed E-state index contributed by atoms with van der Waals surface area (Å²) in [5.74, 6) is 1.10. The van der Waals surface area contributed by atoms with Gasteiger partial charge in [0.1, 0.15) is 5.75 Å². The van der Waals surface area contributed by atoms with E-state index >= 15 is 0 Å². The summed E-state index contributed by atoms with van der Waals surface area (Å²) in [6.45, 7) is 0. The average molecular weight is 299 g/mol. The molecular weight excluding hydrogens is 286 g/mol. The van der Waals surface area contributed by atoms with Crippen molar-refractivity contribution in [3.8, 4) is 11.4 Å². The van der Waals surface area contributed by atoms with Gasteiger partial charge in [-0.25, -0.2) is 0 Å². The third-order valence-corrected chi connectivity index (χ3v) is 3.83. The zero-order valence-corrected chi connectivity index (χ0v) is 11.9. The van der Waals surface area contributed by atoms with Crippen LogP contribution < -0.4 is 0 Å². The number of aromatic nitrogens is 5. The first-order chi connectivity index (χ1) is 10.3. The molecule has 6 nitrogen and oxygen atoms in total. The predicted molar refractivity (Wildman–Crippen MR) is 79.5 cm³/mol. The fraction of sp³-hybridized carbons (Fsp3) is 0.143. The fourth-order valence-corrected chi connectivity index (χ4v) is 2.71. The Hall–Kier alpha value is -2.41. The first-order valence-electron chi connectivity index (χ1n) is 6.42. The maximum atomic E-state index is 9.32. The average Bonchev–Trinajstić information content (AvgIpc) is 2.98. The highest BCUT2D eigenvalue weighted by molar-refractivity contribution is 7.99. The number of rotatable bonds is 5. The number of phenols is 1. The Bertz CT molecular complexity index is 699. The van der Waals surface area contributed by atoms with Crippen LogP contribution in [0, 0.1) is 0 Å². The van der Waals surface area contributed by atoms with Gasteiger partial charge in [-0.1, -0.05) is 11.8 Å². The fourth-order valence-electron chi connectivity index (χ4n) is 1.83. The minimum Gasteiger partial charge on any atom is -0.508 e. The molecule has 0 aliphatic rings. The smallest absolute Gasteiger partial charge is 0.214 e. The van der Waals surface area contributed by atoms with Gasteiger partial charge in [0.2, 0.25) is 5.16 Å². The monoisotopic (exact) mass is 299 g/mol. The van der Waals surface area contributed by atoms with Crippen molar-refractivity contribution in [3.05, 3.63) is 54.4 Å². The van der Waals surface area contributed by atoms with Gasteiger partial charge in [-0.3, -0.25) is 4.98 Å². The maximum Gasteiger partial charge on any atom is 0.214 e. The van der Waals surface area contributed by atoms with E-state index in [9.17, 15) is 5.11 Å². The van der Waals surface area contributed by atoms with Gasteiger partial charge in [0.25, 0.3) is 0 Å². The Morgan fingerprint density at radius 1 is 1.05 bits per heavy atom. The molecule has 2 aromatic heterocycles. The number of nitrogens with zero attached hydrogens (tertiary/aromatic N) is 5. The summed E-state index contributed by atoms with van der Waals surface area (Å²) < 4.78 is 1.66. The lowest BCUT2D eigenvalue weighted by Crippen LogP contribution is -1.99. The predicted octanol–water partition coefficient (Wildman–Crippen LogP) is 2.10. The Labute approximate surface area is 125 Å². The number of pyridine rings is 1. The normalized spacial score (nSPS) is 10.7. The van der Waals surface area contributed by atoms with E-state index in [1.807, 2.05) is 12.1 Å². The van der Waals surface area contributed by atoms with Gasteiger partial charge >= 0.3 is 0 Å². The van der Waals surface area contributed by atoms with Crippen molar-refractivity contribution in [3.63, 3.8) is 0 Å². The Balaban J connectivity index is 1.67. The lowest BCUT2D eigenvalue weighted by molar-refractivity contribution is 0.475. The van der Waals surface area contributed by atoms with E-state index < -0.39 is 0 Å². The molecule has 1 aromatic carbocycles. The number of hydrogen-bond acceptors (Lipinski definition) is 6. The number of benzene rings is 1. The van der Waals surface area contributed by atoms with E-state index in [0.29, 0.717) is 0 Å². The van der Waals surface area contributed by atoms with Crippen LogP contribution in [0.5, 0.6) is 5.75 Å². The van der Waals surface area contributed by atoms with Crippen molar-refractivity contribution in [1.29, 1.82) is 0 Å². The van der Waals surface area contributed by atoms with Crippen molar-refractivity contribution in [2.24, 2.45) is 0 Å². The summed E-state index contributed by atoms with van der Waals surface area (Å²) in [6, 6.07) is 10.8. The molecule has 0 aliphatic carbocycles. The van der Waals surface area contributed by atoms with Crippen LogP contribution >= 0.6 is 11.8 Å². The van der Waals surface area contributed by atoms with Crippen LogP contribution in [0.15, 0.2) is 53.9 Å².